The Labute approximate surface area is 60.4 Å². The highest BCUT2D eigenvalue weighted by Crippen LogP contribution is 1.80. The molecule has 0 aromatic heterocycles. The summed E-state index contributed by atoms with van der Waals surface area (Å²) in [7, 11) is -6.63. The number of sulfone groups is 1. The smallest absolute Gasteiger partial charge is 0.209 e. The third-order valence-electron chi connectivity index (χ3n) is 0.583. The number of hydrogen-bond acceptors (Lipinski definition) is 4. The van der Waals surface area contributed by atoms with Crippen molar-refractivity contribution in [1.29, 1.82) is 0 Å². The zero-order valence-electron chi connectivity index (χ0n) is 5.66. The first-order valence-electron chi connectivity index (χ1n) is 2.33. The van der Waals surface area contributed by atoms with E-state index in [1.54, 1.807) is 0 Å². The molecule has 5 nitrogen and oxygen atoms in total. The third-order valence-corrected chi connectivity index (χ3v) is 2.10. The molecule has 0 aliphatic rings. The molecule has 0 heterocycles. The second-order valence-corrected chi connectivity index (χ2v) is 5.96. The summed E-state index contributed by atoms with van der Waals surface area (Å²) in [4.78, 5) is 0. The maximum Gasteiger partial charge on any atom is 0.209 e. The van der Waals surface area contributed by atoms with E-state index in [2.05, 4.69) is 0 Å². The van der Waals surface area contributed by atoms with Crippen LogP contribution < -0.4 is 4.72 Å². The average molecular weight is 187 g/mol. The van der Waals surface area contributed by atoms with Crippen LogP contribution in [0.3, 0.4) is 0 Å². The van der Waals surface area contributed by atoms with Crippen LogP contribution in [0.1, 0.15) is 0 Å². The first-order valence-corrected chi connectivity index (χ1v) is 6.28. The summed E-state index contributed by atoms with van der Waals surface area (Å²) in [5, 5.41) is 0. The average Bonchev–Trinajstić information content (AvgIpc) is 1.57. The Bertz CT molecular complexity index is 254. The van der Waals surface area contributed by atoms with Crippen LogP contribution in [-0.2, 0) is 19.9 Å². The molecular formula is C3H9NO4S2. The molecular weight excluding hydrogens is 178 g/mol. The molecule has 0 aliphatic heterocycles. The molecule has 0 rings (SSSR count). The van der Waals surface area contributed by atoms with Crippen molar-refractivity contribution in [2.45, 2.75) is 0 Å². The van der Waals surface area contributed by atoms with Gasteiger partial charge in [0.2, 0.25) is 10.0 Å². The summed E-state index contributed by atoms with van der Waals surface area (Å²) in [6.07, 6.45) is 1.85. The van der Waals surface area contributed by atoms with Crippen molar-refractivity contribution in [2.24, 2.45) is 0 Å². The SMILES string of the molecule is CS(=O)(=O)CNS(C)(=O)=O. The first-order chi connectivity index (χ1) is 4.21. The van der Waals surface area contributed by atoms with Crippen molar-refractivity contribution < 1.29 is 16.8 Å². The van der Waals surface area contributed by atoms with Gasteiger partial charge in [-0.1, -0.05) is 0 Å². The van der Waals surface area contributed by atoms with E-state index < -0.39 is 25.7 Å². The van der Waals surface area contributed by atoms with E-state index in [1.807, 2.05) is 4.72 Å². The van der Waals surface area contributed by atoms with Gasteiger partial charge in [-0.25, -0.2) is 21.6 Å². The van der Waals surface area contributed by atoms with Crippen LogP contribution in [0.4, 0.5) is 0 Å². The minimum atomic E-state index is -3.39. The zero-order valence-corrected chi connectivity index (χ0v) is 7.29. The minimum absolute atomic E-state index is 0.536. The molecule has 0 amide bonds. The van der Waals surface area contributed by atoms with E-state index in [4.69, 9.17) is 0 Å². The molecule has 10 heavy (non-hydrogen) atoms. The number of rotatable bonds is 3. The van der Waals surface area contributed by atoms with Crippen LogP contribution in [0, 0.1) is 0 Å². The van der Waals surface area contributed by atoms with Crippen LogP contribution in [-0.4, -0.2) is 35.2 Å². The van der Waals surface area contributed by atoms with Crippen LogP contribution in [0.2, 0.25) is 0 Å². The van der Waals surface area contributed by atoms with Gasteiger partial charge >= 0.3 is 0 Å². The Hall–Kier alpha value is -0.140. The first kappa shape index (κ1) is 9.86. The van der Waals surface area contributed by atoms with Crippen molar-refractivity contribution in [3.05, 3.63) is 0 Å². The van der Waals surface area contributed by atoms with Gasteiger partial charge in [-0.3, -0.25) is 0 Å². The van der Waals surface area contributed by atoms with Crippen LogP contribution in [0.5, 0.6) is 0 Å². The Morgan fingerprint density at radius 3 is 1.60 bits per heavy atom. The lowest BCUT2D eigenvalue weighted by atomic mass is 11.5. The van der Waals surface area contributed by atoms with Crippen LogP contribution >= 0.6 is 0 Å². The third kappa shape index (κ3) is 7.86. The summed E-state index contributed by atoms with van der Waals surface area (Å²) < 4.78 is 43.2. The quantitative estimate of drug-likeness (QED) is 0.585. The van der Waals surface area contributed by atoms with Crippen molar-refractivity contribution in [3.63, 3.8) is 0 Å². The fraction of sp³-hybridized carbons (Fsp3) is 1.00. The number of hydrogen-bond donors (Lipinski definition) is 1. The second-order valence-electron chi connectivity index (χ2n) is 1.99. The molecule has 0 fully saturated rings. The predicted octanol–water partition coefficient (Wildman–Crippen LogP) is -1.46. The van der Waals surface area contributed by atoms with Gasteiger partial charge in [-0.15, -0.1) is 0 Å². The molecule has 0 aromatic carbocycles. The molecule has 0 radical (unpaired) electrons. The van der Waals surface area contributed by atoms with E-state index in [0.29, 0.717) is 0 Å². The van der Waals surface area contributed by atoms with Crippen molar-refractivity contribution in [2.75, 3.05) is 18.4 Å². The molecule has 0 aliphatic carbocycles. The predicted molar refractivity (Wildman–Crippen MR) is 37.7 cm³/mol. The van der Waals surface area contributed by atoms with Crippen molar-refractivity contribution >= 4 is 19.9 Å². The molecule has 0 aromatic rings. The molecule has 0 bridgehead atoms. The van der Waals surface area contributed by atoms with Gasteiger partial charge in [0.25, 0.3) is 0 Å². The zero-order chi connectivity index (χ0) is 8.41. The molecule has 0 saturated carbocycles. The highest BCUT2D eigenvalue weighted by Gasteiger charge is 2.05. The molecule has 0 unspecified atom stereocenters. The van der Waals surface area contributed by atoms with Gasteiger partial charge in [0.05, 0.1) is 6.26 Å². The normalized spacial score (nSPS) is 13.4. The summed E-state index contributed by atoms with van der Waals surface area (Å²) in [6, 6.07) is 0. The van der Waals surface area contributed by atoms with Crippen molar-refractivity contribution in [3.8, 4) is 0 Å². The highest BCUT2D eigenvalue weighted by molar-refractivity contribution is 7.93. The van der Waals surface area contributed by atoms with E-state index in [1.165, 1.54) is 0 Å². The van der Waals surface area contributed by atoms with Gasteiger partial charge in [0.15, 0.2) is 9.84 Å². The maximum absolute atomic E-state index is 10.4. The number of sulfonamides is 1. The fourth-order valence-corrected chi connectivity index (χ4v) is 1.93. The van der Waals surface area contributed by atoms with Crippen molar-refractivity contribution in [1.82, 2.24) is 4.72 Å². The Kier molecular flexibility index (Phi) is 2.81. The fourth-order valence-electron chi connectivity index (χ4n) is 0.214. The summed E-state index contributed by atoms with van der Waals surface area (Å²) >= 11 is 0. The summed E-state index contributed by atoms with van der Waals surface area (Å²) in [5.74, 6) is -0.536. The highest BCUT2D eigenvalue weighted by atomic mass is 32.2. The summed E-state index contributed by atoms with van der Waals surface area (Å²) in [6.45, 7) is 0. The van der Waals surface area contributed by atoms with Gasteiger partial charge in [0, 0.05) is 6.26 Å². The van der Waals surface area contributed by atoms with Gasteiger partial charge < -0.3 is 0 Å². The van der Waals surface area contributed by atoms with E-state index in [0.717, 1.165) is 12.5 Å². The molecule has 0 spiro atoms. The number of nitrogens with one attached hydrogen (secondary N) is 1. The lowest BCUT2D eigenvalue weighted by molar-refractivity contribution is 0.582. The van der Waals surface area contributed by atoms with E-state index in [-0.39, 0.29) is 0 Å². The van der Waals surface area contributed by atoms with Crippen LogP contribution in [0.25, 0.3) is 0 Å². The largest absolute Gasteiger partial charge is 0.228 e. The molecule has 0 atom stereocenters. The lowest BCUT2D eigenvalue weighted by Crippen LogP contribution is -2.27. The van der Waals surface area contributed by atoms with E-state index in [9.17, 15) is 16.8 Å². The van der Waals surface area contributed by atoms with Gasteiger partial charge in [-0.2, -0.15) is 0 Å². The molecule has 1 N–H and O–H groups in total. The maximum atomic E-state index is 10.4. The summed E-state index contributed by atoms with van der Waals surface area (Å²) in [5.41, 5.74) is 0. The lowest BCUT2D eigenvalue weighted by Gasteiger charge is -1.97. The second kappa shape index (κ2) is 2.85. The van der Waals surface area contributed by atoms with Gasteiger partial charge in [-0.05, 0) is 0 Å². The Morgan fingerprint density at radius 2 is 1.50 bits per heavy atom. The Balaban J connectivity index is 4.05. The molecule has 7 heteroatoms. The topological polar surface area (TPSA) is 80.3 Å². The molecule has 62 valence electrons. The monoisotopic (exact) mass is 187 g/mol. The Morgan fingerprint density at radius 1 is 1.10 bits per heavy atom. The van der Waals surface area contributed by atoms with Gasteiger partial charge in [0.1, 0.15) is 5.88 Å². The minimum Gasteiger partial charge on any atom is -0.228 e. The van der Waals surface area contributed by atoms with Crippen LogP contribution in [0.15, 0.2) is 0 Å². The standard InChI is InChI=1S/C3H9NO4S2/c1-9(5,6)3-4-10(2,7)8/h4H,3H2,1-2H3. The van der Waals surface area contributed by atoms with E-state index >= 15 is 0 Å². The molecule has 0 saturated heterocycles.